The zero-order chi connectivity index (χ0) is 14.3. The molecule has 112 valence electrons. The highest BCUT2D eigenvalue weighted by molar-refractivity contribution is 5.85. The highest BCUT2D eigenvalue weighted by Gasteiger charge is 2.26. The molecule has 0 amide bonds. The molecule has 0 aliphatic heterocycles. The Kier molecular flexibility index (Phi) is 8.93. The number of nitrogens with zero attached hydrogens (tertiary/aromatic N) is 1. The third-order valence-corrected chi connectivity index (χ3v) is 3.26. The van der Waals surface area contributed by atoms with Crippen LogP contribution in [0.25, 0.3) is 0 Å². The van der Waals surface area contributed by atoms with Gasteiger partial charge in [-0.2, -0.15) is 0 Å². The molecule has 0 saturated heterocycles. The van der Waals surface area contributed by atoms with Gasteiger partial charge in [0.15, 0.2) is 0 Å². The van der Waals surface area contributed by atoms with Crippen LogP contribution >= 0.6 is 12.4 Å². The van der Waals surface area contributed by atoms with Crippen LogP contribution in [0.4, 0.5) is 0 Å². The van der Waals surface area contributed by atoms with Crippen molar-refractivity contribution in [3.63, 3.8) is 0 Å². The van der Waals surface area contributed by atoms with Crippen molar-refractivity contribution in [2.24, 2.45) is 0 Å². The molecule has 0 spiro atoms. The van der Waals surface area contributed by atoms with Gasteiger partial charge < -0.3 is 4.74 Å². The summed E-state index contributed by atoms with van der Waals surface area (Å²) in [7, 11) is 0. The average molecular weight is 298 g/mol. The lowest BCUT2D eigenvalue weighted by Crippen LogP contribution is -2.37. The van der Waals surface area contributed by atoms with Crippen molar-refractivity contribution in [1.82, 2.24) is 4.90 Å². The molecule has 0 aromatic heterocycles. The van der Waals surface area contributed by atoms with E-state index in [1.807, 2.05) is 25.1 Å². The second-order valence-electron chi connectivity index (χ2n) is 4.42. The van der Waals surface area contributed by atoms with Crippen molar-refractivity contribution in [3.8, 4) is 0 Å². The normalized spacial score (nSPS) is 13.2. The van der Waals surface area contributed by atoms with E-state index in [4.69, 9.17) is 4.74 Å². The summed E-state index contributed by atoms with van der Waals surface area (Å²) in [5.74, 6) is -0.374. The fraction of sp³-hybridized carbons (Fsp3) is 0.438. The standard InChI is InChI=1S/C16H23NO2.ClH/c1-5-15(18)19-13(4)16(17(6-2)7-3)14-11-9-8-10-12-14;/h5,8-13,16H,1,6-7H2,2-4H3;1H. The lowest BCUT2D eigenvalue weighted by atomic mass is 10.0. The number of benzene rings is 1. The molecule has 0 aliphatic rings. The van der Waals surface area contributed by atoms with Crippen LogP contribution in [-0.2, 0) is 9.53 Å². The highest BCUT2D eigenvalue weighted by atomic mass is 35.5. The van der Waals surface area contributed by atoms with Gasteiger partial charge in [0.2, 0.25) is 0 Å². The number of hydrogen-bond donors (Lipinski definition) is 0. The first-order valence-corrected chi connectivity index (χ1v) is 6.76. The molecule has 0 N–H and O–H groups in total. The van der Waals surface area contributed by atoms with Gasteiger partial charge in [0.25, 0.3) is 0 Å². The molecular formula is C16H24ClNO2. The molecule has 2 unspecified atom stereocenters. The second kappa shape index (κ2) is 9.56. The van der Waals surface area contributed by atoms with Gasteiger partial charge >= 0.3 is 5.97 Å². The smallest absolute Gasteiger partial charge is 0.330 e. The van der Waals surface area contributed by atoms with E-state index in [1.165, 1.54) is 6.08 Å². The quantitative estimate of drug-likeness (QED) is 0.569. The minimum Gasteiger partial charge on any atom is -0.457 e. The maximum absolute atomic E-state index is 11.4. The van der Waals surface area contributed by atoms with Crippen molar-refractivity contribution >= 4 is 18.4 Å². The lowest BCUT2D eigenvalue weighted by Gasteiger charge is -2.34. The SMILES string of the molecule is C=CC(=O)OC(C)C(c1ccccc1)N(CC)CC.Cl. The molecule has 0 bridgehead atoms. The van der Waals surface area contributed by atoms with Gasteiger partial charge in [-0.25, -0.2) is 4.79 Å². The molecule has 1 rings (SSSR count). The number of halogens is 1. The zero-order valence-corrected chi connectivity index (χ0v) is 13.2. The maximum Gasteiger partial charge on any atom is 0.330 e. The van der Waals surface area contributed by atoms with Crippen LogP contribution in [0.15, 0.2) is 43.0 Å². The molecule has 0 fully saturated rings. The topological polar surface area (TPSA) is 29.5 Å². The van der Waals surface area contributed by atoms with Crippen LogP contribution < -0.4 is 0 Å². The molecule has 1 aromatic carbocycles. The third kappa shape index (κ3) is 4.99. The molecule has 1 aromatic rings. The Labute approximate surface area is 128 Å². The summed E-state index contributed by atoms with van der Waals surface area (Å²) in [6, 6.07) is 10.2. The fourth-order valence-corrected chi connectivity index (χ4v) is 2.34. The van der Waals surface area contributed by atoms with Gasteiger partial charge in [0.1, 0.15) is 6.10 Å². The monoisotopic (exact) mass is 297 g/mol. The van der Waals surface area contributed by atoms with Crippen LogP contribution in [0.2, 0.25) is 0 Å². The first kappa shape index (κ1) is 18.7. The molecule has 2 atom stereocenters. The Bertz CT molecular complexity index is 404. The highest BCUT2D eigenvalue weighted by Crippen LogP contribution is 2.26. The summed E-state index contributed by atoms with van der Waals surface area (Å²) < 4.78 is 5.40. The second-order valence-corrected chi connectivity index (χ2v) is 4.42. The Morgan fingerprint density at radius 3 is 2.30 bits per heavy atom. The van der Waals surface area contributed by atoms with Crippen molar-refractivity contribution in [3.05, 3.63) is 48.6 Å². The molecule has 20 heavy (non-hydrogen) atoms. The van der Waals surface area contributed by atoms with Gasteiger partial charge in [-0.05, 0) is 25.6 Å². The van der Waals surface area contributed by atoms with Crippen LogP contribution in [0.5, 0.6) is 0 Å². The van der Waals surface area contributed by atoms with Crippen molar-refractivity contribution in [2.75, 3.05) is 13.1 Å². The Morgan fingerprint density at radius 2 is 1.85 bits per heavy atom. The lowest BCUT2D eigenvalue weighted by molar-refractivity contribution is -0.145. The van der Waals surface area contributed by atoms with E-state index in [0.29, 0.717) is 0 Å². The number of rotatable bonds is 7. The van der Waals surface area contributed by atoms with Gasteiger partial charge in [-0.1, -0.05) is 50.8 Å². The minimum atomic E-state index is -0.374. The summed E-state index contributed by atoms with van der Waals surface area (Å²) in [6.45, 7) is 11.4. The summed E-state index contributed by atoms with van der Waals surface area (Å²) in [5, 5.41) is 0. The van der Waals surface area contributed by atoms with Crippen LogP contribution in [0.1, 0.15) is 32.4 Å². The van der Waals surface area contributed by atoms with Gasteiger partial charge in [0, 0.05) is 6.08 Å². The van der Waals surface area contributed by atoms with Crippen molar-refractivity contribution in [1.29, 1.82) is 0 Å². The zero-order valence-electron chi connectivity index (χ0n) is 12.4. The number of esters is 1. The van der Waals surface area contributed by atoms with Gasteiger partial charge in [0.05, 0.1) is 6.04 Å². The van der Waals surface area contributed by atoms with E-state index >= 15 is 0 Å². The number of carbonyl (C=O) groups excluding carboxylic acids is 1. The third-order valence-electron chi connectivity index (χ3n) is 3.26. The first-order chi connectivity index (χ1) is 9.13. The van der Waals surface area contributed by atoms with Gasteiger partial charge in [-0.15, -0.1) is 12.4 Å². The van der Waals surface area contributed by atoms with E-state index in [-0.39, 0.29) is 30.5 Å². The van der Waals surface area contributed by atoms with Crippen LogP contribution in [0, 0.1) is 0 Å². The maximum atomic E-state index is 11.4. The van der Waals surface area contributed by atoms with Crippen molar-refractivity contribution in [2.45, 2.75) is 32.9 Å². The number of likely N-dealkylation sites (N-methyl/N-ethyl adjacent to an activating group) is 1. The van der Waals surface area contributed by atoms with E-state index < -0.39 is 0 Å². The molecular weight excluding hydrogens is 274 g/mol. The fourth-order valence-electron chi connectivity index (χ4n) is 2.34. The number of hydrogen-bond acceptors (Lipinski definition) is 3. The first-order valence-electron chi connectivity index (χ1n) is 6.76. The van der Waals surface area contributed by atoms with E-state index in [1.54, 1.807) is 0 Å². The molecule has 0 heterocycles. The van der Waals surface area contributed by atoms with E-state index in [0.717, 1.165) is 18.7 Å². The largest absolute Gasteiger partial charge is 0.457 e. The number of carbonyl (C=O) groups is 1. The number of ether oxygens (including phenoxy) is 1. The Hall–Kier alpha value is -1.32. The van der Waals surface area contributed by atoms with E-state index in [9.17, 15) is 4.79 Å². The summed E-state index contributed by atoms with van der Waals surface area (Å²) >= 11 is 0. The summed E-state index contributed by atoms with van der Waals surface area (Å²) in [4.78, 5) is 13.7. The summed E-state index contributed by atoms with van der Waals surface area (Å²) in [5.41, 5.74) is 1.16. The predicted octanol–water partition coefficient (Wildman–Crippen LogP) is 3.61. The average Bonchev–Trinajstić information content (AvgIpc) is 2.45. The van der Waals surface area contributed by atoms with Crippen molar-refractivity contribution < 1.29 is 9.53 Å². The van der Waals surface area contributed by atoms with E-state index in [2.05, 4.69) is 37.5 Å². The molecule has 0 aliphatic carbocycles. The minimum absolute atomic E-state index is 0. The van der Waals surface area contributed by atoms with Crippen LogP contribution in [0.3, 0.4) is 0 Å². The predicted molar refractivity (Wildman–Crippen MR) is 85.1 cm³/mol. The van der Waals surface area contributed by atoms with Gasteiger partial charge in [-0.3, -0.25) is 4.90 Å². The van der Waals surface area contributed by atoms with Crippen LogP contribution in [-0.4, -0.2) is 30.1 Å². The molecule has 3 nitrogen and oxygen atoms in total. The summed E-state index contributed by atoms with van der Waals surface area (Å²) in [6.07, 6.45) is 0.994. The molecule has 0 radical (unpaired) electrons. The molecule has 0 saturated carbocycles. The molecule has 4 heteroatoms. The Morgan fingerprint density at radius 1 is 1.30 bits per heavy atom. The Balaban J connectivity index is 0.00000361.